The molecule has 0 spiro atoms. The summed E-state index contributed by atoms with van der Waals surface area (Å²) in [5, 5.41) is 0. The topological polar surface area (TPSA) is 43.4 Å². The maximum absolute atomic E-state index is 11.9. The summed E-state index contributed by atoms with van der Waals surface area (Å²) in [6, 6.07) is 5.39. The van der Waals surface area contributed by atoms with Gasteiger partial charge in [0, 0.05) is 3.57 Å². The third-order valence-electron chi connectivity index (χ3n) is 2.16. The van der Waals surface area contributed by atoms with Gasteiger partial charge in [-0.2, -0.15) is 0 Å². The number of esters is 1. The van der Waals surface area contributed by atoms with Crippen LogP contribution >= 0.6 is 38.5 Å². The first kappa shape index (κ1) is 14.6. The molecule has 3 nitrogen and oxygen atoms in total. The molecule has 0 aliphatic carbocycles. The van der Waals surface area contributed by atoms with E-state index in [-0.39, 0.29) is 5.78 Å². The van der Waals surface area contributed by atoms with Crippen LogP contribution in [0, 0.1) is 3.57 Å². The number of alkyl halides is 1. The quantitative estimate of drug-likeness (QED) is 0.433. The van der Waals surface area contributed by atoms with Gasteiger partial charge < -0.3 is 4.74 Å². The number of rotatable bonds is 4. The number of benzene rings is 1. The van der Waals surface area contributed by atoms with Crippen molar-refractivity contribution in [2.75, 3.05) is 6.61 Å². The molecule has 0 aromatic heterocycles. The molecule has 0 heterocycles. The highest BCUT2D eigenvalue weighted by atomic mass is 127. The molecule has 92 valence electrons. The lowest BCUT2D eigenvalue weighted by molar-refractivity contribution is -0.116. The first-order valence-electron chi connectivity index (χ1n) is 5.09. The van der Waals surface area contributed by atoms with E-state index >= 15 is 0 Å². The number of hydrogen-bond donors (Lipinski definition) is 0. The highest BCUT2D eigenvalue weighted by Gasteiger charge is 2.23. The second-order valence-corrected chi connectivity index (χ2v) is 5.48. The third kappa shape index (κ3) is 3.51. The van der Waals surface area contributed by atoms with Crippen molar-refractivity contribution in [3.05, 3.63) is 32.9 Å². The Labute approximate surface area is 122 Å². The molecule has 0 aliphatic rings. The summed E-state index contributed by atoms with van der Waals surface area (Å²) >= 11 is 5.36. The Morgan fingerprint density at radius 1 is 1.47 bits per heavy atom. The first-order valence-corrected chi connectivity index (χ1v) is 7.08. The van der Waals surface area contributed by atoms with E-state index in [1.165, 1.54) is 6.92 Å². The largest absolute Gasteiger partial charge is 0.462 e. The maximum atomic E-state index is 11.9. The molecule has 0 aliphatic heterocycles. The molecule has 0 fully saturated rings. The summed E-state index contributed by atoms with van der Waals surface area (Å²) < 4.78 is 5.79. The number of ketones is 1. The Balaban J connectivity index is 3.26. The van der Waals surface area contributed by atoms with Gasteiger partial charge in [0.05, 0.1) is 17.0 Å². The predicted octanol–water partition coefficient (Wildman–Crippen LogP) is 3.49. The van der Waals surface area contributed by atoms with Crippen molar-refractivity contribution in [3.63, 3.8) is 0 Å². The lowest BCUT2D eigenvalue weighted by atomic mass is 10.0. The monoisotopic (exact) mass is 410 g/mol. The number of halogens is 2. The molecule has 0 saturated carbocycles. The van der Waals surface area contributed by atoms with Crippen LogP contribution in [-0.4, -0.2) is 18.4 Å². The van der Waals surface area contributed by atoms with E-state index in [4.69, 9.17) is 4.74 Å². The van der Waals surface area contributed by atoms with Crippen molar-refractivity contribution < 1.29 is 14.3 Å². The number of ether oxygens (including phenoxy) is 1. The summed E-state index contributed by atoms with van der Waals surface area (Å²) in [6.07, 6.45) is 0. The second-order valence-electron chi connectivity index (χ2n) is 3.40. The molecule has 1 aromatic rings. The predicted molar refractivity (Wildman–Crippen MR) is 77.5 cm³/mol. The van der Waals surface area contributed by atoms with Crippen LogP contribution in [0.1, 0.15) is 34.6 Å². The molecule has 1 rings (SSSR count). The minimum atomic E-state index is -0.475. The van der Waals surface area contributed by atoms with Gasteiger partial charge in [0.25, 0.3) is 0 Å². The zero-order chi connectivity index (χ0) is 13.0. The van der Waals surface area contributed by atoms with Crippen molar-refractivity contribution in [2.24, 2.45) is 0 Å². The van der Waals surface area contributed by atoms with Crippen LogP contribution < -0.4 is 0 Å². The number of carbonyl (C=O) groups is 2. The SMILES string of the molecule is CCOC(=O)c1c(I)cccc1C(Br)C(C)=O. The van der Waals surface area contributed by atoms with E-state index in [9.17, 15) is 9.59 Å². The van der Waals surface area contributed by atoms with Crippen molar-refractivity contribution in [1.82, 2.24) is 0 Å². The molecule has 1 aromatic carbocycles. The van der Waals surface area contributed by atoms with Gasteiger partial charge in [-0.15, -0.1) is 0 Å². The van der Waals surface area contributed by atoms with E-state index in [0.717, 1.165) is 3.57 Å². The molecule has 0 amide bonds. The number of hydrogen-bond acceptors (Lipinski definition) is 3. The normalized spacial score (nSPS) is 12.0. The summed E-state index contributed by atoms with van der Waals surface area (Å²) in [6.45, 7) is 3.55. The molecule has 17 heavy (non-hydrogen) atoms. The highest BCUT2D eigenvalue weighted by molar-refractivity contribution is 14.1. The summed E-state index contributed by atoms with van der Waals surface area (Å²) in [5.74, 6) is -0.434. The fourth-order valence-electron chi connectivity index (χ4n) is 1.39. The van der Waals surface area contributed by atoms with Crippen molar-refractivity contribution in [3.8, 4) is 0 Å². The minimum Gasteiger partial charge on any atom is -0.462 e. The van der Waals surface area contributed by atoms with E-state index in [1.54, 1.807) is 13.0 Å². The van der Waals surface area contributed by atoms with Gasteiger partial charge in [-0.25, -0.2) is 4.79 Å². The molecule has 5 heteroatoms. The molecular formula is C12H12BrIO3. The molecule has 1 unspecified atom stereocenters. The van der Waals surface area contributed by atoms with Gasteiger partial charge in [0.1, 0.15) is 5.78 Å². The summed E-state index contributed by atoms with van der Waals surface area (Å²) in [7, 11) is 0. The number of Topliss-reactive ketones (excluding diaryl/α,β-unsaturated/α-hetero) is 1. The fourth-order valence-corrected chi connectivity index (χ4v) is 2.51. The van der Waals surface area contributed by atoms with Gasteiger partial charge in [-0.3, -0.25) is 4.79 Å². The van der Waals surface area contributed by atoms with Crippen LogP contribution in [0.3, 0.4) is 0 Å². The second kappa shape index (κ2) is 6.49. The van der Waals surface area contributed by atoms with Crippen LogP contribution in [0.25, 0.3) is 0 Å². The van der Waals surface area contributed by atoms with Crippen LogP contribution in [0.2, 0.25) is 0 Å². The standard InChI is InChI=1S/C12H12BrIO3/c1-3-17-12(16)10-8(11(13)7(2)15)5-4-6-9(10)14/h4-6,11H,3H2,1-2H3. The fraction of sp³-hybridized carbons (Fsp3) is 0.333. The van der Waals surface area contributed by atoms with E-state index in [1.807, 2.05) is 12.1 Å². The van der Waals surface area contributed by atoms with Gasteiger partial charge in [-0.05, 0) is 48.1 Å². The molecular weight excluding hydrogens is 399 g/mol. The zero-order valence-corrected chi connectivity index (χ0v) is 13.2. The van der Waals surface area contributed by atoms with E-state index in [2.05, 4.69) is 38.5 Å². The van der Waals surface area contributed by atoms with Crippen molar-refractivity contribution in [2.45, 2.75) is 18.7 Å². The van der Waals surface area contributed by atoms with Gasteiger partial charge in [0.15, 0.2) is 0 Å². The molecule has 0 bridgehead atoms. The van der Waals surface area contributed by atoms with Gasteiger partial charge in [-0.1, -0.05) is 28.1 Å². The lowest BCUT2D eigenvalue weighted by Crippen LogP contribution is -2.13. The van der Waals surface area contributed by atoms with Crippen LogP contribution in [0.15, 0.2) is 18.2 Å². The van der Waals surface area contributed by atoms with Crippen LogP contribution in [-0.2, 0) is 9.53 Å². The molecule has 0 saturated heterocycles. The average molecular weight is 411 g/mol. The van der Waals surface area contributed by atoms with Crippen molar-refractivity contribution >= 4 is 50.3 Å². The third-order valence-corrected chi connectivity index (χ3v) is 4.19. The summed E-state index contributed by atoms with van der Waals surface area (Å²) in [4.78, 5) is 22.8. The Bertz CT molecular complexity index is 445. The van der Waals surface area contributed by atoms with Crippen molar-refractivity contribution in [1.29, 1.82) is 0 Å². The summed E-state index contributed by atoms with van der Waals surface area (Å²) in [5.41, 5.74) is 1.12. The molecule has 1 atom stereocenters. The highest BCUT2D eigenvalue weighted by Crippen LogP contribution is 2.30. The minimum absolute atomic E-state index is 0.0439. The Morgan fingerprint density at radius 2 is 2.12 bits per heavy atom. The average Bonchev–Trinajstić information content (AvgIpc) is 2.27. The van der Waals surface area contributed by atoms with Crippen LogP contribution in [0.5, 0.6) is 0 Å². The van der Waals surface area contributed by atoms with Gasteiger partial charge in [0.2, 0.25) is 0 Å². The first-order chi connectivity index (χ1) is 7.99. The molecule has 0 N–H and O–H groups in total. The van der Waals surface area contributed by atoms with Gasteiger partial charge >= 0.3 is 5.97 Å². The number of carbonyl (C=O) groups excluding carboxylic acids is 2. The van der Waals surface area contributed by atoms with Crippen LogP contribution in [0.4, 0.5) is 0 Å². The van der Waals surface area contributed by atoms with E-state index in [0.29, 0.717) is 17.7 Å². The molecule has 0 radical (unpaired) electrons. The zero-order valence-electron chi connectivity index (χ0n) is 9.50. The Hall–Kier alpha value is -0.430. The smallest absolute Gasteiger partial charge is 0.339 e. The Morgan fingerprint density at radius 3 is 2.65 bits per heavy atom. The Kier molecular flexibility index (Phi) is 5.58. The maximum Gasteiger partial charge on any atom is 0.339 e. The lowest BCUT2D eigenvalue weighted by Gasteiger charge is -2.13. The van der Waals surface area contributed by atoms with E-state index < -0.39 is 10.8 Å².